The molecule has 0 aromatic heterocycles. The minimum absolute atomic E-state index is 0.0517. The first-order valence-corrected chi connectivity index (χ1v) is 7.27. The predicted octanol–water partition coefficient (Wildman–Crippen LogP) is 2.30. The normalized spacial score (nSPS) is 10.5. The molecule has 4 heteroatoms. The molecule has 0 aliphatic rings. The number of carbonyl (C=O) groups excluding carboxylic acids is 1. The van der Waals surface area contributed by atoms with Crippen LogP contribution in [0.1, 0.15) is 27.0 Å². The number of amides is 1. The summed E-state index contributed by atoms with van der Waals surface area (Å²) in [5.74, 6) is -0.0732. The summed E-state index contributed by atoms with van der Waals surface area (Å²) in [5, 5.41) is 11.9. The second-order valence-corrected chi connectivity index (χ2v) is 5.11. The lowest BCUT2D eigenvalue weighted by molar-refractivity contribution is 0.0954. The molecule has 0 radical (unpaired) electrons. The van der Waals surface area contributed by atoms with Crippen molar-refractivity contribution in [2.24, 2.45) is 0 Å². The molecule has 0 bridgehead atoms. The highest BCUT2D eigenvalue weighted by Crippen LogP contribution is 2.07. The third kappa shape index (κ3) is 4.69. The Labute approximate surface area is 130 Å². The molecule has 22 heavy (non-hydrogen) atoms. The molecule has 1 amide bonds. The van der Waals surface area contributed by atoms with Gasteiger partial charge < -0.3 is 15.2 Å². The smallest absolute Gasteiger partial charge is 0.251 e. The molecule has 2 rings (SSSR count). The average molecular weight is 299 g/mol. The lowest BCUT2D eigenvalue weighted by atomic mass is 10.1. The largest absolute Gasteiger partial charge is 0.392 e. The third-order valence-corrected chi connectivity index (χ3v) is 3.43. The molecule has 2 aromatic rings. The van der Waals surface area contributed by atoms with Gasteiger partial charge in [0.05, 0.1) is 13.2 Å². The highest BCUT2D eigenvalue weighted by molar-refractivity contribution is 5.94. The summed E-state index contributed by atoms with van der Waals surface area (Å²) in [4.78, 5) is 12.0. The molecule has 0 fully saturated rings. The summed E-state index contributed by atoms with van der Waals surface area (Å²) in [6, 6.07) is 15.1. The van der Waals surface area contributed by atoms with E-state index in [1.807, 2.05) is 36.4 Å². The third-order valence-electron chi connectivity index (χ3n) is 3.43. The highest BCUT2D eigenvalue weighted by atomic mass is 16.5. The van der Waals surface area contributed by atoms with Crippen LogP contribution >= 0.6 is 0 Å². The molecule has 0 atom stereocenters. The molecular formula is C18H21NO3. The van der Waals surface area contributed by atoms with E-state index < -0.39 is 0 Å². The van der Waals surface area contributed by atoms with E-state index in [2.05, 4.69) is 5.32 Å². The lowest BCUT2D eigenvalue weighted by Gasteiger charge is -2.07. The summed E-state index contributed by atoms with van der Waals surface area (Å²) in [5.41, 5.74) is 3.72. The molecule has 0 saturated carbocycles. The molecule has 0 unspecified atom stereocenters. The fourth-order valence-electron chi connectivity index (χ4n) is 2.15. The van der Waals surface area contributed by atoms with E-state index in [1.54, 1.807) is 19.2 Å². The van der Waals surface area contributed by atoms with Crippen LogP contribution in [0.2, 0.25) is 0 Å². The number of ether oxygens (including phenoxy) is 1. The van der Waals surface area contributed by atoms with Crippen molar-refractivity contribution in [1.82, 2.24) is 5.32 Å². The van der Waals surface area contributed by atoms with E-state index in [-0.39, 0.29) is 12.5 Å². The van der Waals surface area contributed by atoms with E-state index in [9.17, 15) is 4.79 Å². The number of aliphatic hydroxyl groups is 1. The Kier molecular flexibility index (Phi) is 6.13. The van der Waals surface area contributed by atoms with Gasteiger partial charge >= 0.3 is 0 Å². The number of aliphatic hydroxyl groups excluding tert-OH is 1. The van der Waals surface area contributed by atoms with Gasteiger partial charge in [-0.2, -0.15) is 0 Å². The van der Waals surface area contributed by atoms with Gasteiger partial charge in [0.2, 0.25) is 0 Å². The van der Waals surface area contributed by atoms with E-state index >= 15 is 0 Å². The average Bonchev–Trinajstić information content (AvgIpc) is 2.56. The van der Waals surface area contributed by atoms with Crippen molar-refractivity contribution >= 4 is 5.91 Å². The Bertz CT molecular complexity index is 591. The SMILES string of the molecule is COCc1ccc(C(=O)NCCc2ccc(CO)cc2)cc1. The zero-order valence-corrected chi connectivity index (χ0v) is 12.7. The van der Waals surface area contributed by atoms with Crippen LogP contribution in [0.25, 0.3) is 0 Å². The summed E-state index contributed by atoms with van der Waals surface area (Å²) in [7, 11) is 1.65. The molecule has 4 nitrogen and oxygen atoms in total. The van der Waals surface area contributed by atoms with Gasteiger partial charge in [-0.3, -0.25) is 4.79 Å². The Hall–Kier alpha value is -2.17. The van der Waals surface area contributed by atoms with E-state index in [0.717, 1.165) is 23.1 Å². The van der Waals surface area contributed by atoms with Crippen LogP contribution in [0.5, 0.6) is 0 Å². The second kappa shape index (κ2) is 8.32. The van der Waals surface area contributed by atoms with Crippen molar-refractivity contribution in [1.29, 1.82) is 0 Å². The number of rotatable bonds is 7. The van der Waals surface area contributed by atoms with Crippen molar-refractivity contribution in [3.63, 3.8) is 0 Å². The molecule has 0 spiro atoms. The van der Waals surface area contributed by atoms with Crippen LogP contribution in [0, 0.1) is 0 Å². The van der Waals surface area contributed by atoms with Crippen LogP contribution in [0.15, 0.2) is 48.5 Å². The summed E-state index contributed by atoms with van der Waals surface area (Å²) >= 11 is 0. The van der Waals surface area contributed by atoms with Gasteiger partial charge in [0.25, 0.3) is 5.91 Å². The summed E-state index contributed by atoms with van der Waals surface area (Å²) in [6.07, 6.45) is 0.763. The maximum atomic E-state index is 12.0. The Balaban J connectivity index is 1.81. The fraction of sp³-hybridized carbons (Fsp3) is 0.278. The minimum Gasteiger partial charge on any atom is -0.392 e. The number of nitrogens with one attached hydrogen (secondary N) is 1. The summed E-state index contributed by atoms with van der Waals surface area (Å²) in [6.45, 7) is 1.18. The molecule has 0 saturated heterocycles. The van der Waals surface area contributed by atoms with Crippen LogP contribution in [-0.2, 0) is 24.4 Å². The molecule has 116 valence electrons. The molecule has 0 heterocycles. The monoisotopic (exact) mass is 299 g/mol. The van der Waals surface area contributed by atoms with E-state index in [1.165, 1.54) is 0 Å². The highest BCUT2D eigenvalue weighted by Gasteiger charge is 2.05. The maximum Gasteiger partial charge on any atom is 0.251 e. The van der Waals surface area contributed by atoms with E-state index in [4.69, 9.17) is 9.84 Å². The van der Waals surface area contributed by atoms with Crippen LogP contribution < -0.4 is 5.32 Å². The fourth-order valence-corrected chi connectivity index (χ4v) is 2.15. The predicted molar refractivity (Wildman–Crippen MR) is 85.6 cm³/mol. The number of carbonyl (C=O) groups is 1. The molecule has 0 aliphatic heterocycles. The van der Waals surface area contributed by atoms with Gasteiger partial charge in [0, 0.05) is 19.2 Å². The van der Waals surface area contributed by atoms with Crippen LogP contribution in [0.3, 0.4) is 0 Å². The van der Waals surface area contributed by atoms with Crippen molar-refractivity contribution in [3.8, 4) is 0 Å². The quantitative estimate of drug-likeness (QED) is 0.825. The van der Waals surface area contributed by atoms with Gasteiger partial charge in [-0.1, -0.05) is 36.4 Å². The standard InChI is InChI=1S/C18H21NO3/c1-22-13-16-6-8-17(9-7-16)18(21)19-11-10-14-2-4-15(12-20)5-3-14/h2-9,20H,10-13H2,1H3,(H,19,21). The second-order valence-electron chi connectivity index (χ2n) is 5.11. The molecule has 0 aliphatic carbocycles. The van der Waals surface area contributed by atoms with Gasteiger partial charge in [-0.05, 0) is 35.2 Å². The molecule has 2 N–H and O–H groups in total. The van der Waals surface area contributed by atoms with Crippen LogP contribution in [-0.4, -0.2) is 24.7 Å². The molecule has 2 aromatic carbocycles. The first-order valence-electron chi connectivity index (χ1n) is 7.27. The number of hydrogen-bond acceptors (Lipinski definition) is 3. The van der Waals surface area contributed by atoms with E-state index in [0.29, 0.717) is 18.7 Å². The zero-order valence-electron chi connectivity index (χ0n) is 12.7. The number of benzene rings is 2. The first-order chi connectivity index (χ1) is 10.7. The summed E-state index contributed by atoms with van der Waals surface area (Å²) < 4.78 is 5.04. The maximum absolute atomic E-state index is 12.0. The minimum atomic E-state index is -0.0732. The number of methoxy groups -OCH3 is 1. The van der Waals surface area contributed by atoms with Crippen molar-refractivity contribution in [2.45, 2.75) is 19.6 Å². The van der Waals surface area contributed by atoms with Gasteiger partial charge in [0.1, 0.15) is 0 Å². The van der Waals surface area contributed by atoms with Gasteiger partial charge in [-0.25, -0.2) is 0 Å². The van der Waals surface area contributed by atoms with Crippen molar-refractivity contribution in [2.75, 3.05) is 13.7 Å². The van der Waals surface area contributed by atoms with Gasteiger partial charge in [-0.15, -0.1) is 0 Å². The Morgan fingerprint density at radius 1 is 1.00 bits per heavy atom. The van der Waals surface area contributed by atoms with Crippen LogP contribution in [0.4, 0.5) is 0 Å². The van der Waals surface area contributed by atoms with Crippen molar-refractivity contribution in [3.05, 3.63) is 70.8 Å². The number of hydrogen-bond donors (Lipinski definition) is 2. The Morgan fingerprint density at radius 3 is 2.18 bits per heavy atom. The topological polar surface area (TPSA) is 58.6 Å². The lowest BCUT2D eigenvalue weighted by Crippen LogP contribution is -2.25. The van der Waals surface area contributed by atoms with Crippen molar-refractivity contribution < 1.29 is 14.6 Å². The molecular weight excluding hydrogens is 278 g/mol. The van der Waals surface area contributed by atoms with Gasteiger partial charge in [0.15, 0.2) is 0 Å². The first kappa shape index (κ1) is 16.2. The zero-order chi connectivity index (χ0) is 15.8. The Morgan fingerprint density at radius 2 is 1.59 bits per heavy atom.